The van der Waals surface area contributed by atoms with Gasteiger partial charge in [-0.05, 0) is 57.9 Å². The van der Waals surface area contributed by atoms with Gasteiger partial charge in [-0.3, -0.25) is 0 Å². The Balaban J connectivity index is 2.02. The second-order valence-corrected chi connectivity index (χ2v) is 12.8. The van der Waals surface area contributed by atoms with Gasteiger partial charge in [-0.25, -0.2) is 30.4 Å². The number of alkyl carbamates (subject to hydrolysis) is 1. The van der Waals surface area contributed by atoms with Gasteiger partial charge in [0.2, 0.25) is 0 Å². The molecule has 1 saturated heterocycles. The van der Waals surface area contributed by atoms with Gasteiger partial charge in [0.25, 0.3) is 20.0 Å². The summed E-state index contributed by atoms with van der Waals surface area (Å²) >= 11 is 0. The third-order valence-electron chi connectivity index (χ3n) is 5.25. The van der Waals surface area contributed by atoms with Crippen LogP contribution < -0.4 is 5.32 Å². The lowest BCUT2D eigenvalue weighted by Crippen LogP contribution is -2.41. The van der Waals surface area contributed by atoms with Crippen molar-refractivity contribution in [3.63, 3.8) is 0 Å². The second-order valence-electron chi connectivity index (χ2n) is 9.08. The summed E-state index contributed by atoms with van der Waals surface area (Å²) in [4.78, 5) is 24.4. The van der Waals surface area contributed by atoms with Crippen LogP contribution in [-0.2, 0) is 29.5 Å². The van der Waals surface area contributed by atoms with E-state index in [-0.39, 0.29) is 23.5 Å². The van der Waals surface area contributed by atoms with E-state index < -0.39 is 54.5 Å². The van der Waals surface area contributed by atoms with Crippen molar-refractivity contribution in [1.29, 1.82) is 0 Å². The topological polar surface area (TPSA) is 141 Å². The summed E-state index contributed by atoms with van der Waals surface area (Å²) in [6.07, 6.45) is -0.381. The van der Waals surface area contributed by atoms with Crippen molar-refractivity contribution in [2.75, 3.05) is 20.2 Å². The van der Waals surface area contributed by atoms with Crippen LogP contribution in [0, 0.1) is 6.92 Å². The first-order chi connectivity index (χ1) is 16.2. The van der Waals surface area contributed by atoms with E-state index in [1.54, 1.807) is 26.8 Å². The van der Waals surface area contributed by atoms with Crippen molar-refractivity contribution in [3.05, 3.63) is 47.7 Å². The predicted octanol–water partition coefficient (Wildman–Crippen LogP) is 2.11. The van der Waals surface area contributed by atoms with Gasteiger partial charge in [0.05, 0.1) is 12.0 Å². The molecule has 3 rings (SSSR count). The molecule has 192 valence electrons. The molecule has 1 fully saturated rings. The molecule has 1 aromatic heterocycles. The van der Waals surface area contributed by atoms with Gasteiger partial charge in [0.1, 0.15) is 11.3 Å². The highest BCUT2D eigenvalue weighted by Gasteiger charge is 2.40. The number of benzene rings is 1. The molecule has 0 spiro atoms. The van der Waals surface area contributed by atoms with E-state index in [1.807, 2.05) is 0 Å². The molecule has 1 atom stereocenters. The number of carbonyl (C=O) groups is 2. The van der Waals surface area contributed by atoms with Crippen molar-refractivity contribution in [3.8, 4) is 0 Å². The van der Waals surface area contributed by atoms with Gasteiger partial charge in [0.15, 0.2) is 5.03 Å². The second kappa shape index (κ2) is 9.63. The fourth-order valence-corrected chi connectivity index (χ4v) is 7.36. The summed E-state index contributed by atoms with van der Waals surface area (Å²) in [5, 5.41) is 2.05. The Kier molecular flexibility index (Phi) is 7.34. The van der Waals surface area contributed by atoms with Crippen molar-refractivity contribution >= 4 is 32.1 Å². The number of nitrogens with zero attached hydrogens (tertiary/aromatic N) is 2. The van der Waals surface area contributed by atoms with Crippen LogP contribution in [0.1, 0.15) is 43.2 Å². The Labute approximate surface area is 205 Å². The van der Waals surface area contributed by atoms with Crippen LogP contribution >= 0.6 is 0 Å². The Morgan fingerprint density at radius 2 is 1.69 bits per heavy atom. The van der Waals surface area contributed by atoms with Crippen LogP contribution in [0.3, 0.4) is 0 Å². The third-order valence-corrected chi connectivity index (χ3v) is 8.94. The molecule has 0 bridgehead atoms. The van der Waals surface area contributed by atoms with Gasteiger partial charge in [-0.1, -0.05) is 18.2 Å². The van der Waals surface area contributed by atoms with Gasteiger partial charge in [-0.2, -0.15) is 4.31 Å². The number of methoxy groups -OCH3 is 1. The Morgan fingerprint density at radius 3 is 2.26 bits per heavy atom. The zero-order chi connectivity index (χ0) is 26.2. The molecular formula is C22H29N3O8S2. The van der Waals surface area contributed by atoms with E-state index in [0.29, 0.717) is 10.4 Å². The standard InChI is InChI=1S/C22H29N3O8S2/c1-15-13-18(25(19(15)20(26)32-5)34(28,29)17-9-7-6-8-10-17)35(30,31)24-12-11-16(14-24)23-21(27)33-22(2,3)4/h6-10,13,16H,11-12,14H2,1-5H3,(H,23,27)/t16-/m0/s1. The van der Waals surface area contributed by atoms with E-state index in [2.05, 4.69) is 5.32 Å². The van der Waals surface area contributed by atoms with Gasteiger partial charge in [0, 0.05) is 19.1 Å². The first-order valence-corrected chi connectivity index (χ1v) is 13.7. The highest BCUT2D eigenvalue weighted by molar-refractivity contribution is 7.92. The van der Waals surface area contributed by atoms with Gasteiger partial charge < -0.3 is 14.8 Å². The van der Waals surface area contributed by atoms with Crippen molar-refractivity contribution in [1.82, 2.24) is 13.6 Å². The van der Waals surface area contributed by atoms with Gasteiger partial charge in [-0.15, -0.1) is 0 Å². The third kappa shape index (κ3) is 5.52. The highest BCUT2D eigenvalue weighted by atomic mass is 32.2. The molecule has 0 radical (unpaired) electrons. The summed E-state index contributed by atoms with van der Waals surface area (Å²) in [6.45, 7) is 6.50. The van der Waals surface area contributed by atoms with Crippen molar-refractivity contribution in [2.45, 2.75) is 55.7 Å². The lowest BCUT2D eigenvalue weighted by Gasteiger charge is -2.22. The number of sulfonamides is 1. The van der Waals surface area contributed by atoms with E-state index in [1.165, 1.54) is 31.2 Å². The predicted molar refractivity (Wildman–Crippen MR) is 126 cm³/mol. The summed E-state index contributed by atoms with van der Waals surface area (Å²) in [6, 6.07) is 7.80. The Morgan fingerprint density at radius 1 is 1.06 bits per heavy atom. The minimum Gasteiger partial charge on any atom is -0.464 e. The fraction of sp³-hybridized carbons (Fsp3) is 0.455. The van der Waals surface area contributed by atoms with Crippen LogP contribution in [0.2, 0.25) is 0 Å². The van der Waals surface area contributed by atoms with Gasteiger partial charge >= 0.3 is 12.1 Å². The number of rotatable bonds is 6. The van der Waals surface area contributed by atoms with E-state index in [4.69, 9.17) is 9.47 Å². The van der Waals surface area contributed by atoms with Crippen LogP contribution in [0.4, 0.5) is 4.79 Å². The number of nitrogens with one attached hydrogen (secondary N) is 1. The molecule has 1 N–H and O–H groups in total. The molecule has 11 nitrogen and oxygen atoms in total. The lowest BCUT2D eigenvalue weighted by molar-refractivity contribution is 0.0506. The van der Waals surface area contributed by atoms with E-state index in [9.17, 15) is 26.4 Å². The van der Waals surface area contributed by atoms with Crippen molar-refractivity contribution in [2.24, 2.45) is 0 Å². The van der Waals surface area contributed by atoms with Crippen molar-refractivity contribution < 1.29 is 35.9 Å². The molecule has 13 heteroatoms. The number of hydrogen-bond acceptors (Lipinski definition) is 8. The first kappa shape index (κ1) is 26.7. The molecule has 2 heterocycles. The maximum absolute atomic E-state index is 13.6. The zero-order valence-electron chi connectivity index (χ0n) is 20.1. The number of aryl methyl sites for hydroxylation is 1. The largest absolute Gasteiger partial charge is 0.464 e. The number of ether oxygens (including phenoxy) is 2. The molecule has 1 aliphatic rings. The highest BCUT2D eigenvalue weighted by Crippen LogP contribution is 2.30. The van der Waals surface area contributed by atoms with Crippen LogP contribution in [0.25, 0.3) is 0 Å². The Bertz CT molecular complexity index is 1330. The summed E-state index contributed by atoms with van der Waals surface area (Å²) in [5.41, 5.74) is -1.00. The van der Waals surface area contributed by atoms with E-state index in [0.717, 1.165) is 17.5 Å². The number of esters is 1. The van der Waals surface area contributed by atoms with Crippen LogP contribution in [0.15, 0.2) is 46.3 Å². The van der Waals surface area contributed by atoms with Crippen LogP contribution in [0.5, 0.6) is 0 Å². The Hall–Kier alpha value is -2.90. The molecule has 1 aromatic carbocycles. The maximum atomic E-state index is 13.6. The maximum Gasteiger partial charge on any atom is 0.407 e. The smallest absolute Gasteiger partial charge is 0.407 e. The summed E-state index contributed by atoms with van der Waals surface area (Å²) < 4.78 is 65.8. The summed E-state index contributed by atoms with van der Waals surface area (Å²) in [7, 11) is -7.79. The summed E-state index contributed by atoms with van der Waals surface area (Å²) in [5.74, 6) is -0.991. The molecule has 0 unspecified atom stereocenters. The normalized spacial score (nSPS) is 17.2. The SMILES string of the molecule is COC(=O)c1c(C)cc(S(=O)(=O)N2CC[C@H](NC(=O)OC(C)(C)C)C2)n1S(=O)(=O)c1ccccc1. The van der Waals surface area contributed by atoms with Crippen LogP contribution in [-0.4, -0.2) is 69.0 Å². The molecule has 0 aliphatic carbocycles. The molecule has 35 heavy (non-hydrogen) atoms. The fourth-order valence-electron chi connectivity index (χ4n) is 3.71. The lowest BCUT2D eigenvalue weighted by atomic mass is 10.2. The number of carbonyl (C=O) groups excluding carboxylic acids is 2. The molecular weight excluding hydrogens is 498 g/mol. The first-order valence-electron chi connectivity index (χ1n) is 10.8. The number of amides is 1. The zero-order valence-corrected chi connectivity index (χ0v) is 21.8. The average molecular weight is 528 g/mol. The number of hydrogen-bond donors (Lipinski definition) is 1. The minimum absolute atomic E-state index is 0.0337. The molecule has 1 amide bonds. The molecule has 0 saturated carbocycles. The number of aromatic nitrogens is 1. The molecule has 2 aromatic rings. The monoisotopic (exact) mass is 527 g/mol. The quantitative estimate of drug-likeness (QED) is 0.563. The van der Waals surface area contributed by atoms with E-state index >= 15 is 0 Å². The average Bonchev–Trinajstić information content (AvgIpc) is 3.38. The molecule has 1 aliphatic heterocycles. The minimum atomic E-state index is -4.48.